The second-order valence-electron chi connectivity index (χ2n) is 10.6. The van der Waals surface area contributed by atoms with E-state index in [1.807, 2.05) is 0 Å². The van der Waals surface area contributed by atoms with Gasteiger partial charge in [-0.15, -0.1) is 0 Å². The van der Waals surface area contributed by atoms with E-state index >= 15 is 0 Å². The molecule has 0 amide bonds. The van der Waals surface area contributed by atoms with Crippen molar-refractivity contribution in [3.8, 4) is 0 Å². The van der Waals surface area contributed by atoms with E-state index in [9.17, 15) is 0 Å². The molecule has 0 heterocycles. The Morgan fingerprint density at radius 2 is 0.958 bits per heavy atom. The third kappa shape index (κ3) is 3.73. The van der Waals surface area contributed by atoms with E-state index in [1.54, 1.807) is 51.4 Å². The quantitative estimate of drug-likeness (QED) is 0.485. The van der Waals surface area contributed by atoms with Gasteiger partial charge in [0.1, 0.15) is 0 Å². The molecule has 0 heteroatoms. The fraction of sp³-hybridized carbons (Fsp3) is 1.00. The summed E-state index contributed by atoms with van der Waals surface area (Å²) in [5.74, 6) is 5.47. The van der Waals surface area contributed by atoms with Crippen molar-refractivity contribution in [2.24, 2.45) is 35.0 Å². The van der Waals surface area contributed by atoms with Crippen molar-refractivity contribution in [2.45, 2.75) is 116 Å². The smallest absolute Gasteiger partial charge is 0.0261 e. The van der Waals surface area contributed by atoms with Crippen LogP contribution in [0.1, 0.15) is 116 Å². The van der Waals surface area contributed by atoms with E-state index in [2.05, 4.69) is 6.92 Å². The van der Waals surface area contributed by atoms with Crippen LogP contribution in [0.15, 0.2) is 0 Å². The molecule has 0 radical (unpaired) electrons. The van der Waals surface area contributed by atoms with Crippen LogP contribution in [0.4, 0.5) is 0 Å². The van der Waals surface area contributed by atoms with Crippen molar-refractivity contribution in [1.82, 2.24) is 0 Å². The maximum absolute atomic E-state index is 2.71. The highest BCUT2D eigenvalue weighted by atomic mass is 14.6. The Morgan fingerprint density at radius 1 is 0.583 bits per heavy atom. The monoisotopic (exact) mass is 330 g/mol. The van der Waals surface area contributed by atoms with Crippen molar-refractivity contribution in [1.29, 1.82) is 0 Å². The molecule has 5 saturated carbocycles. The van der Waals surface area contributed by atoms with Crippen LogP contribution in [0.2, 0.25) is 0 Å². The topological polar surface area (TPSA) is 0 Å². The third-order valence-electron chi connectivity index (χ3n) is 8.91. The van der Waals surface area contributed by atoms with Crippen molar-refractivity contribution in [3.05, 3.63) is 0 Å². The van der Waals surface area contributed by atoms with E-state index in [0.29, 0.717) is 0 Å². The van der Waals surface area contributed by atoms with Crippen LogP contribution >= 0.6 is 0 Å². The van der Waals surface area contributed by atoms with Gasteiger partial charge in [0.25, 0.3) is 0 Å². The summed E-state index contributed by atoms with van der Waals surface area (Å²) in [5.41, 5.74) is 0.788. The Kier molecular flexibility index (Phi) is 5.59. The Balaban J connectivity index is 1.41. The summed E-state index contributed by atoms with van der Waals surface area (Å²) in [6, 6.07) is 0. The zero-order valence-corrected chi connectivity index (χ0v) is 16.4. The van der Waals surface area contributed by atoms with E-state index in [-0.39, 0.29) is 0 Å². The van der Waals surface area contributed by atoms with Crippen LogP contribution in [0.3, 0.4) is 0 Å². The summed E-state index contributed by atoms with van der Waals surface area (Å²) in [6.45, 7) is 2.71. The molecule has 0 spiro atoms. The van der Waals surface area contributed by atoms with Gasteiger partial charge in [0.05, 0.1) is 0 Å². The lowest BCUT2D eigenvalue weighted by molar-refractivity contribution is -0.0983. The molecule has 1 unspecified atom stereocenters. The molecule has 5 aliphatic carbocycles. The summed E-state index contributed by atoms with van der Waals surface area (Å²) in [5, 5.41) is 0. The van der Waals surface area contributed by atoms with Gasteiger partial charge in [0, 0.05) is 0 Å². The Labute approximate surface area is 151 Å². The second-order valence-corrected chi connectivity index (χ2v) is 10.6. The molecule has 0 N–H and O–H groups in total. The fourth-order valence-corrected chi connectivity index (χ4v) is 7.93. The first-order valence-corrected chi connectivity index (χ1v) is 11.8. The van der Waals surface area contributed by atoms with Crippen molar-refractivity contribution in [3.63, 3.8) is 0 Å². The van der Waals surface area contributed by atoms with Gasteiger partial charge in [-0.1, -0.05) is 77.6 Å². The van der Waals surface area contributed by atoms with Crippen LogP contribution < -0.4 is 0 Å². The van der Waals surface area contributed by atoms with Crippen LogP contribution in [0.5, 0.6) is 0 Å². The first-order chi connectivity index (χ1) is 11.8. The summed E-state index contributed by atoms with van der Waals surface area (Å²) in [6.07, 6.45) is 26.4. The van der Waals surface area contributed by atoms with Gasteiger partial charge >= 0.3 is 0 Å². The minimum Gasteiger partial charge on any atom is -0.0617 e. The minimum absolute atomic E-state index is 0.788. The first-order valence-electron chi connectivity index (χ1n) is 11.8. The largest absolute Gasteiger partial charge is 0.0617 e. The molecule has 0 nitrogen and oxygen atoms in total. The molecule has 0 aromatic carbocycles. The van der Waals surface area contributed by atoms with E-state index in [4.69, 9.17) is 0 Å². The van der Waals surface area contributed by atoms with Gasteiger partial charge in [0.15, 0.2) is 0 Å². The molecule has 0 saturated heterocycles. The highest BCUT2D eigenvalue weighted by molar-refractivity contribution is 5.04. The molecule has 1 atom stereocenters. The summed E-state index contributed by atoms with van der Waals surface area (Å²) in [7, 11) is 0. The van der Waals surface area contributed by atoms with Gasteiger partial charge in [-0.05, 0) is 73.5 Å². The van der Waals surface area contributed by atoms with Crippen LogP contribution in [-0.4, -0.2) is 0 Å². The Morgan fingerprint density at radius 3 is 1.38 bits per heavy atom. The van der Waals surface area contributed by atoms with E-state index in [1.165, 1.54) is 57.8 Å². The van der Waals surface area contributed by atoms with Crippen LogP contribution in [0, 0.1) is 35.0 Å². The lowest BCUT2D eigenvalue weighted by Crippen LogP contribution is -2.50. The maximum atomic E-state index is 2.71. The zero-order valence-electron chi connectivity index (χ0n) is 16.4. The van der Waals surface area contributed by atoms with Gasteiger partial charge < -0.3 is 0 Å². The maximum Gasteiger partial charge on any atom is -0.0261 e. The van der Waals surface area contributed by atoms with Crippen molar-refractivity contribution < 1.29 is 0 Å². The molecule has 24 heavy (non-hydrogen) atoms. The van der Waals surface area contributed by atoms with Crippen LogP contribution in [0.25, 0.3) is 0 Å². The molecule has 0 aromatic heterocycles. The normalized spacial score (nSPS) is 43.1. The Hall–Kier alpha value is 0. The predicted octanol–water partition coefficient (Wildman–Crippen LogP) is 7.76. The lowest BCUT2D eigenvalue weighted by Gasteiger charge is -2.60. The highest BCUT2D eigenvalue weighted by Gasteiger charge is 2.53. The molecule has 138 valence electrons. The summed E-state index contributed by atoms with van der Waals surface area (Å²) in [4.78, 5) is 0. The van der Waals surface area contributed by atoms with E-state index in [0.717, 1.165) is 35.0 Å². The molecule has 4 bridgehead atoms. The third-order valence-corrected chi connectivity index (χ3v) is 8.91. The fourth-order valence-electron chi connectivity index (χ4n) is 7.93. The zero-order chi connectivity index (χ0) is 16.4. The standard InChI is InChI=1S/C24H42/c1-19(23-11-9-7-5-3-2-4-6-8-10-12-23)24-16-20-13-21(17-24)15-22(14-20)18-24/h19-23H,2-18H2,1H3. The van der Waals surface area contributed by atoms with Gasteiger partial charge in [-0.25, -0.2) is 0 Å². The van der Waals surface area contributed by atoms with Gasteiger partial charge in [0.2, 0.25) is 0 Å². The molecule has 5 aliphatic rings. The molecule has 5 fully saturated rings. The van der Waals surface area contributed by atoms with Gasteiger partial charge in [-0.2, -0.15) is 0 Å². The highest BCUT2D eigenvalue weighted by Crippen LogP contribution is 2.64. The van der Waals surface area contributed by atoms with E-state index < -0.39 is 0 Å². The lowest BCUT2D eigenvalue weighted by atomic mass is 9.45. The first kappa shape index (κ1) is 17.4. The van der Waals surface area contributed by atoms with Crippen molar-refractivity contribution in [2.75, 3.05) is 0 Å². The van der Waals surface area contributed by atoms with Crippen LogP contribution in [-0.2, 0) is 0 Å². The molecular weight excluding hydrogens is 288 g/mol. The minimum atomic E-state index is 0.788. The number of rotatable bonds is 2. The SMILES string of the molecule is CC(C1CCCCCCCCCCC1)C12CC3CC(CC(C3)C1)C2. The average Bonchev–Trinajstić information content (AvgIpc) is 2.53. The Bertz CT molecular complexity index is 348. The number of hydrogen-bond acceptors (Lipinski definition) is 0. The average molecular weight is 331 g/mol. The summed E-state index contributed by atoms with van der Waals surface area (Å²) < 4.78 is 0. The molecule has 0 aliphatic heterocycles. The summed E-state index contributed by atoms with van der Waals surface area (Å²) >= 11 is 0. The second kappa shape index (κ2) is 7.71. The number of hydrogen-bond donors (Lipinski definition) is 0. The predicted molar refractivity (Wildman–Crippen MR) is 104 cm³/mol. The molecule has 0 aromatic rings. The van der Waals surface area contributed by atoms with Crippen molar-refractivity contribution >= 4 is 0 Å². The van der Waals surface area contributed by atoms with Gasteiger partial charge in [-0.3, -0.25) is 0 Å². The molecular formula is C24H42. The molecule has 5 rings (SSSR count).